The maximum Gasteiger partial charge on any atom is 0.188 e. The molecule has 2 rings (SSSR count). The summed E-state index contributed by atoms with van der Waals surface area (Å²) in [5, 5.41) is 3.16. The maximum absolute atomic E-state index is 5.85. The van der Waals surface area contributed by atoms with E-state index in [9.17, 15) is 0 Å². The largest absolute Gasteiger partial charge is 0.376 e. The minimum absolute atomic E-state index is 0.329. The lowest BCUT2D eigenvalue weighted by atomic mass is 10.1. The highest BCUT2D eigenvalue weighted by Gasteiger charge is 2.20. The monoisotopic (exact) mass is 239 g/mol. The van der Waals surface area contributed by atoms with Gasteiger partial charge in [-0.2, -0.15) is 0 Å². The molecule has 1 saturated carbocycles. The number of nitrogens with one attached hydrogen (secondary N) is 1. The Balaban J connectivity index is 1.62. The minimum atomic E-state index is 0.329. The second-order valence-electron chi connectivity index (χ2n) is 5.53. The van der Waals surface area contributed by atoms with Crippen LogP contribution in [0.4, 0.5) is 0 Å². The van der Waals surface area contributed by atoms with Gasteiger partial charge in [-0.1, -0.05) is 13.3 Å². The van der Waals surface area contributed by atoms with Crippen LogP contribution in [-0.4, -0.2) is 31.8 Å². The molecule has 4 heteroatoms. The SMILES string of the molecule is CC1CCC(CN=C(N)NCC2CCCO2)C1. The average Bonchev–Trinajstić information content (AvgIpc) is 2.95. The average molecular weight is 239 g/mol. The summed E-state index contributed by atoms with van der Waals surface area (Å²) in [4.78, 5) is 4.43. The summed E-state index contributed by atoms with van der Waals surface area (Å²) in [6.45, 7) is 4.90. The fraction of sp³-hybridized carbons (Fsp3) is 0.923. The van der Waals surface area contributed by atoms with Crippen LogP contribution >= 0.6 is 0 Å². The van der Waals surface area contributed by atoms with Gasteiger partial charge >= 0.3 is 0 Å². The molecule has 3 atom stereocenters. The van der Waals surface area contributed by atoms with Crippen LogP contribution in [-0.2, 0) is 4.74 Å². The summed E-state index contributed by atoms with van der Waals surface area (Å²) in [6.07, 6.45) is 6.61. The highest BCUT2D eigenvalue weighted by Crippen LogP contribution is 2.30. The van der Waals surface area contributed by atoms with Crippen LogP contribution in [0.2, 0.25) is 0 Å². The molecule has 1 heterocycles. The van der Waals surface area contributed by atoms with E-state index in [-0.39, 0.29) is 0 Å². The summed E-state index contributed by atoms with van der Waals surface area (Å²) in [6, 6.07) is 0. The Hall–Kier alpha value is -0.770. The Labute approximate surface area is 104 Å². The van der Waals surface area contributed by atoms with Crippen LogP contribution in [0.25, 0.3) is 0 Å². The van der Waals surface area contributed by atoms with Crippen molar-refractivity contribution in [3.63, 3.8) is 0 Å². The van der Waals surface area contributed by atoms with E-state index in [1.807, 2.05) is 0 Å². The van der Waals surface area contributed by atoms with Crippen LogP contribution in [0.1, 0.15) is 39.0 Å². The molecule has 1 aliphatic heterocycles. The Morgan fingerprint density at radius 1 is 1.41 bits per heavy atom. The normalized spacial score (nSPS) is 34.2. The number of nitrogens with two attached hydrogens (primary N) is 1. The number of hydrogen-bond acceptors (Lipinski definition) is 2. The van der Waals surface area contributed by atoms with Gasteiger partial charge < -0.3 is 15.8 Å². The fourth-order valence-corrected chi connectivity index (χ4v) is 2.80. The Morgan fingerprint density at radius 2 is 2.29 bits per heavy atom. The molecular weight excluding hydrogens is 214 g/mol. The van der Waals surface area contributed by atoms with Crippen LogP contribution < -0.4 is 11.1 Å². The van der Waals surface area contributed by atoms with Gasteiger partial charge in [-0.15, -0.1) is 0 Å². The topological polar surface area (TPSA) is 59.6 Å². The first-order chi connectivity index (χ1) is 8.24. The van der Waals surface area contributed by atoms with Crippen molar-refractivity contribution >= 4 is 5.96 Å². The number of rotatable bonds is 4. The molecule has 98 valence electrons. The lowest BCUT2D eigenvalue weighted by Crippen LogP contribution is -2.37. The zero-order chi connectivity index (χ0) is 12.1. The third-order valence-corrected chi connectivity index (χ3v) is 3.86. The summed E-state index contributed by atoms with van der Waals surface area (Å²) < 4.78 is 5.52. The molecule has 0 radical (unpaired) electrons. The molecule has 17 heavy (non-hydrogen) atoms. The number of nitrogens with zero attached hydrogens (tertiary/aromatic N) is 1. The van der Waals surface area contributed by atoms with Gasteiger partial charge in [0.15, 0.2) is 5.96 Å². The fourth-order valence-electron chi connectivity index (χ4n) is 2.80. The number of ether oxygens (including phenoxy) is 1. The van der Waals surface area contributed by atoms with Crippen molar-refractivity contribution in [1.29, 1.82) is 0 Å². The molecule has 0 bridgehead atoms. The first-order valence-electron chi connectivity index (χ1n) is 6.89. The maximum atomic E-state index is 5.85. The molecule has 1 aliphatic carbocycles. The van der Waals surface area contributed by atoms with E-state index in [0.717, 1.165) is 38.0 Å². The molecule has 0 spiro atoms. The molecule has 0 amide bonds. The Kier molecular flexibility index (Phi) is 4.66. The highest BCUT2D eigenvalue weighted by molar-refractivity contribution is 5.77. The molecule has 2 fully saturated rings. The third-order valence-electron chi connectivity index (χ3n) is 3.86. The summed E-state index contributed by atoms with van der Waals surface area (Å²) in [5.41, 5.74) is 5.85. The van der Waals surface area contributed by atoms with Crippen molar-refractivity contribution in [2.45, 2.75) is 45.1 Å². The van der Waals surface area contributed by atoms with Gasteiger partial charge in [0.1, 0.15) is 0 Å². The standard InChI is InChI=1S/C13H25N3O/c1-10-4-5-11(7-10)8-15-13(14)16-9-12-3-2-6-17-12/h10-12H,2-9H2,1H3,(H3,14,15,16). The number of hydrogen-bond donors (Lipinski definition) is 2. The summed E-state index contributed by atoms with van der Waals surface area (Å²) in [5.74, 6) is 2.20. The van der Waals surface area contributed by atoms with Crippen molar-refractivity contribution in [2.75, 3.05) is 19.7 Å². The second kappa shape index (κ2) is 6.24. The number of guanidine groups is 1. The van der Waals surface area contributed by atoms with Crippen molar-refractivity contribution in [2.24, 2.45) is 22.6 Å². The molecule has 1 saturated heterocycles. The van der Waals surface area contributed by atoms with Gasteiger partial charge in [-0.05, 0) is 37.5 Å². The summed E-state index contributed by atoms with van der Waals surface area (Å²) >= 11 is 0. The quantitative estimate of drug-likeness (QED) is 0.577. The minimum Gasteiger partial charge on any atom is -0.376 e. The zero-order valence-corrected chi connectivity index (χ0v) is 10.8. The van der Waals surface area contributed by atoms with Gasteiger partial charge in [0.25, 0.3) is 0 Å². The molecule has 0 aromatic heterocycles. The Morgan fingerprint density at radius 3 is 2.94 bits per heavy atom. The third kappa shape index (κ3) is 4.19. The van der Waals surface area contributed by atoms with Crippen molar-refractivity contribution < 1.29 is 4.74 Å². The van der Waals surface area contributed by atoms with E-state index in [4.69, 9.17) is 10.5 Å². The van der Waals surface area contributed by atoms with Crippen LogP contribution in [0.5, 0.6) is 0 Å². The van der Waals surface area contributed by atoms with Crippen LogP contribution in [0.15, 0.2) is 4.99 Å². The van der Waals surface area contributed by atoms with Crippen molar-refractivity contribution in [3.8, 4) is 0 Å². The van der Waals surface area contributed by atoms with E-state index >= 15 is 0 Å². The summed E-state index contributed by atoms with van der Waals surface area (Å²) in [7, 11) is 0. The highest BCUT2D eigenvalue weighted by atomic mass is 16.5. The first-order valence-corrected chi connectivity index (χ1v) is 6.89. The van der Waals surface area contributed by atoms with E-state index in [1.165, 1.54) is 25.7 Å². The Bertz CT molecular complexity index is 261. The van der Waals surface area contributed by atoms with E-state index < -0.39 is 0 Å². The van der Waals surface area contributed by atoms with E-state index in [2.05, 4.69) is 17.2 Å². The first kappa shape index (κ1) is 12.7. The molecule has 4 nitrogen and oxygen atoms in total. The van der Waals surface area contributed by atoms with Gasteiger partial charge in [-0.25, -0.2) is 0 Å². The van der Waals surface area contributed by atoms with E-state index in [1.54, 1.807) is 0 Å². The van der Waals surface area contributed by atoms with Gasteiger partial charge in [-0.3, -0.25) is 4.99 Å². The van der Waals surface area contributed by atoms with Crippen LogP contribution in [0.3, 0.4) is 0 Å². The van der Waals surface area contributed by atoms with Gasteiger partial charge in [0.05, 0.1) is 6.10 Å². The van der Waals surface area contributed by atoms with Crippen molar-refractivity contribution in [1.82, 2.24) is 5.32 Å². The van der Waals surface area contributed by atoms with E-state index in [0.29, 0.717) is 12.1 Å². The smallest absolute Gasteiger partial charge is 0.188 e. The molecule has 3 unspecified atom stereocenters. The molecule has 0 aromatic carbocycles. The van der Waals surface area contributed by atoms with Crippen molar-refractivity contribution in [3.05, 3.63) is 0 Å². The lowest BCUT2D eigenvalue weighted by molar-refractivity contribution is 0.114. The molecular formula is C13H25N3O. The van der Waals surface area contributed by atoms with Gasteiger partial charge in [0, 0.05) is 19.7 Å². The lowest BCUT2D eigenvalue weighted by Gasteiger charge is -2.12. The molecule has 2 aliphatic rings. The number of aliphatic imine (C=N–C) groups is 1. The predicted molar refractivity (Wildman–Crippen MR) is 70.0 cm³/mol. The zero-order valence-electron chi connectivity index (χ0n) is 10.8. The second-order valence-corrected chi connectivity index (χ2v) is 5.53. The van der Waals surface area contributed by atoms with Gasteiger partial charge in [0.2, 0.25) is 0 Å². The van der Waals surface area contributed by atoms with Crippen LogP contribution in [0, 0.1) is 11.8 Å². The molecule has 3 N–H and O–H groups in total. The molecule has 0 aromatic rings. The predicted octanol–water partition coefficient (Wildman–Crippen LogP) is 1.51.